The highest BCUT2D eigenvalue weighted by atomic mass is 16.2. The zero-order valence-electron chi connectivity index (χ0n) is 14.8. The minimum Gasteiger partial charge on any atom is -0.341 e. The van der Waals surface area contributed by atoms with E-state index in [4.69, 9.17) is 4.98 Å². The number of nitrogens with zero attached hydrogens (tertiary/aromatic N) is 3. The van der Waals surface area contributed by atoms with Gasteiger partial charge in [-0.25, -0.2) is 4.98 Å². The molecule has 0 saturated carbocycles. The summed E-state index contributed by atoms with van der Waals surface area (Å²) in [5, 5.41) is 0. The molecule has 0 bridgehead atoms. The molecule has 1 aliphatic heterocycles. The van der Waals surface area contributed by atoms with Crippen LogP contribution in [0.3, 0.4) is 0 Å². The standard InChI is InChI=1S/C22H23N3O/c26-22(24-15-7-2-8-16-24)17-25-20-12-6-5-11-19(20)23-21(25)14-13-18-9-3-1-4-10-18/h1,3-6,9-14H,2,7-8,15-17H2/b14-13+. The summed E-state index contributed by atoms with van der Waals surface area (Å²) in [7, 11) is 0. The van der Waals surface area contributed by atoms with Crippen molar-refractivity contribution in [2.24, 2.45) is 0 Å². The Labute approximate surface area is 153 Å². The second-order valence-electron chi connectivity index (χ2n) is 6.73. The fourth-order valence-corrected chi connectivity index (χ4v) is 3.50. The summed E-state index contributed by atoms with van der Waals surface area (Å²) >= 11 is 0. The van der Waals surface area contributed by atoms with Crippen LogP contribution in [0.1, 0.15) is 30.7 Å². The third kappa shape index (κ3) is 3.54. The van der Waals surface area contributed by atoms with E-state index in [1.165, 1.54) is 6.42 Å². The molecule has 0 atom stereocenters. The summed E-state index contributed by atoms with van der Waals surface area (Å²) < 4.78 is 2.03. The zero-order valence-corrected chi connectivity index (χ0v) is 14.8. The molecule has 4 nitrogen and oxygen atoms in total. The second kappa shape index (κ2) is 7.56. The maximum absolute atomic E-state index is 12.8. The lowest BCUT2D eigenvalue weighted by molar-refractivity contribution is -0.132. The topological polar surface area (TPSA) is 38.1 Å². The van der Waals surface area contributed by atoms with Crippen molar-refractivity contribution in [3.8, 4) is 0 Å². The van der Waals surface area contributed by atoms with Gasteiger partial charge in [-0.15, -0.1) is 0 Å². The molecule has 3 aromatic rings. The van der Waals surface area contributed by atoms with Gasteiger partial charge in [-0.05, 0) is 43.0 Å². The van der Waals surface area contributed by atoms with E-state index < -0.39 is 0 Å². The summed E-state index contributed by atoms with van der Waals surface area (Å²) in [6.45, 7) is 2.09. The van der Waals surface area contributed by atoms with Gasteiger partial charge >= 0.3 is 0 Å². The van der Waals surface area contributed by atoms with Crippen molar-refractivity contribution in [2.75, 3.05) is 13.1 Å². The van der Waals surface area contributed by atoms with Crippen LogP contribution in [0.2, 0.25) is 0 Å². The first-order chi connectivity index (χ1) is 12.8. The van der Waals surface area contributed by atoms with E-state index >= 15 is 0 Å². The maximum Gasteiger partial charge on any atom is 0.242 e. The molecule has 4 rings (SSSR count). The average Bonchev–Trinajstić information content (AvgIpc) is 3.05. The molecule has 26 heavy (non-hydrogen) atoms. The van der Waals surface area contributed by atoms with Gasteiger partial charge in [0.1, 0.15) is 12.4 Å². The summed E-state index contributed by atoms with van der Waals surface area (Å²) in [6.07, 6.45) is 7.49. The monoisotopic (exact) mass is 345 g/mol. The van der Waals surface area contributed by atoms with E-state index in [9.17, 15) is 4.79 Å². The van der Waals surface area contributed by atoms with Gasteiger partial charge in [0.25, 0.3) is 0 Å². The van der Waals surface area contributed by atoms with Crippen LogP contribution >= 0.6 is 0 Å². The number of piperidine rings is 1. The number of rotatable bonds is 4. The number of aromatic nitrogens is 2. The van der Waals surface area contributed by atoms with Crippen LogP contribution in [-0.4, -0.2) is 33.4 Å². The van der Waals surface area contributed by atoms with E-state index in [1.807, 2.05) is 64.1 Å². The molecule has 1 aliphatic rings. The van der Waals surface area contributed by atoms with Gasteiger partial charge in [-0.2, -0.15) is 0 Å². The molecule has 2 heterocycles. The minimum atomic E-state index is 0.183. The predicted octanol–water partition coefficient (Wildman–Crippen LogP) is 4.22. The van der Waals surface area contributed by atoms with Gasteiger partial charge < -0.3 is 9.47 Å². The minimum absolute atomic E-state index is 0.183. The Balaban J connectivity index is 1.65. The average molecular weight is 345 g/mol. The molecule has 0 unspecified atom stereocenters. The van der Waals surface area contributed by atoms with E-state index in [-0.39, 0.29) is 5.91 Å². The highest BCUT2D eigenvalue weighted by molar-refractivity contribution is 5.83. The van der Waals surface area contributed by atoms with E-state index in [2.05, 4.69) is 12.1 Å². The third-order valence-corrected chi connectivity index (χ3v) is 4.91. The van der Waals surface area contributed by atoms with E-state index in [1.54, 1.807) is 0 Å². The Bertz CT molecular complexity index is 921. The summed E-state index contributed by atoms with van der Waals surface area (Å²) in [5.41, 5.74) is 3.05. The largest absolute Gasteiger partial charge is 0.341 e. The van der Waals surface area contributed by atoms with Gasteiger partial charge in [0.15, 0.2) is 0 Å². The molecule has 1 amide bonds. The molecule has 4 heteroatoms. The van der Waals surface area contributed by atoms with Crippen molar-refractivity contribution in [1.82, 2.24) is 14.5 Å². The summed E-state index contributed by atoms with van der Waals surface area (Å²) in [6, 6.07) is 18.2. The number of benzene rings is 2. The first-order valence-electron chi connectivity index (χ1n) is 9.27. The fraction of sp³-hybridized carbons (Fsp3) is 0.273. The summed E-state index contributed by atoms with van der Waals surface area (Å²) in [4.78, 5) is 19.5. The Kier molecular flexibility index (Phi) is 4.82. The third-order valence-electron chi connectivity index (χ3n) is 4.91. The molecular weight excluding hydrogens is 322 g/mol. The normalized spacial score (nSPS) is 15.0. The highest BCUT2D eigenvalue weighted by Gasteiger charge is 2.19. The maximum atomic E-state index is 12.8. The first kappa shape index (κ1) is 16.6. The molecule has 1 saturated heterocycles. The number of fused-ring (bicyclic) bond motifs is 1. The van der Waals surface area contributed by atoms with Crippen molar-refractivity contribution in [1.29, 1.82) is 0 Å². The first-order valence-corrected chi connectivity index (χ1v) is 9.27. The van der Waals surface area contributed by atoms with Gasteiger partial charge in [-0.3, -0.25) is 4.79 Å². The number of para-hydroxylation sites is 2. The van der Waals surface area contributed by atoms with Crippen LogP contribution in [0.15, 0.2) is 54.6 Å². The predicted molar refractivity (Wildman–Crippen MR) is 106 cm³/mol. The van der Waals surface area contributed by atoms with Crippen LogP contribution in [0, 0.1) is 0 Å². The lowest BCUT2D eigenvalue weighted by Gasteiger charge is -2.27. The van der Waals surface area contributed by atoms with Gasteiger partial charge in [0.2, 0.25) is 5.91 Å². The smallest absolute Gasteiger partial charge is 0.242 e. The number of hydrogen-bond acceptors (Lipinski definition) is 2. The lowest BCUT2D eigenvalue weighted by atomic mass is 10.1. The molecule has 0 aliphatic carbocycles. The van der Waals surface area contributed by atoms with Crippen LogP contribution in [0.5, 0.6) is 0 Å². The Morgan fingerprint density at radius 2 is 1.65 bits per heavy atom. The van der Waals surface area contributed by atoms with Gasteiger partial charge in [0.05, 0.1) is 11.0 Å². The Morgan fingerprint density at radius 1 is 0.923 bits per heavy atom. The number of hydrogen-bond donors (Lipinski definition) is 0. The SMILES string of the molecule is O=C(Cn1c(/C=C/c2ccccc2)nc2ccccc21)N1CCCCC1. The second-order valence-corrected chi connectivity index (χ2v) is 6.73. The zero-order chi connectivity index (χ0) is 17.8. The molecule has 0 radical (unpaired) electrons. The Hall–Kier alpha value is -2.88. The van der Waals surface area contributed by atoms with E-state index in [0.29, 0.717) is 6.54 Å². The molecule has 0 N–H and O–H groups in total. The summed E-state index contributed by atoms with van der Waals surface area (Å²) in [5.74, 6) is 1.00. The van der Waals surface area contributed by atoms with Crippen LogP contribution in [-0.2, 0) is 11.3 Å². The van der Waals surface area contributed by atoms with Crippen molar-refractivity contribution in [3.63, 3.8) is 0 Å². The van der Waals surface area contributed by atoms with Crippen molar-refractivity contribution >= 4 is 29.1 Å². The Morgan fingerprint density at radius 3 is 2.46 bits per heavy atom. The van der Waals surface area contributed by atoms with Gasteiger partial charge in [-0.1, -0.05) is 48.5 Å². The number of likely N-dealkylation sites (tertiary alicyclic amines) is 1. The molecule has 0 spiro atoms. The molecule has 1 aromatic heterocycles. The van der Waals surface area contributed by atoms with Crippen molar-refractivity contribution in [2.45, 2.75) is 25.8 Å². The van der Waals surface area contributed by atoms with E-state index in [0.717, 1.165) is 48.4 Å². The number of amides is 1. The lowest BCUT2D eigenvalue weighted by Crippen LogP contribution is -2.37. The van der Waals surface area contributed by atoms with Crippen LogP contribution < -0.4 is 0 Å². The molecule has 132 valence electrons. The van der Waals surface area contributed by atoms with Crippen molar-refractivity contribution < 1.29 is 4.79 Å². The molecule has 2 aromatic carbocycles. The fourth-order valence-electron chi connectivity index (χ4n) is 3.50. The van der Waals surface area contributed by atoms with Gasteiger partial charge in [0, 0.05) is 13.1 Å². The quantitative estimate of drug-likeness (QED) is 0.710. The number of carbonyl (C=O) groups excluding carboxylic acids is 1. The van der Waals surface area contributed by atoms with Crippen LogP contribution in [0.4, 0.5) is 0 Å². The number of imidazole rings is 1. The molecule has 1 fully saturated rings. The highest BCUT2D eigenvalue weighted by Crippen LogP contribution is 2.19. The molecular formula is C22H23N3O. The van der Waals surface area contributed by atoms with Crippen molar-refractivity contribution in [3.05, 3.63) is 66.0 Å². The van der Waals surface area contributed by atoms with Crippen LogP contribution in [0.25, 0.3) is 23.2 Å². The number of carbonyl (C=O) groups is 1.